The van der Waals surface area contributed by atoms with Crippen LogP contribution in [0.2, 0.25) is 5.02 Å². The van der Waals surface area contributed by atoms with Gasteiger partial charge < -0.3 is 20.1 Å². The number of halogens is 1. The van der Waals surface area contributed by atoms with E-state index in [9.17, 15) is 4.79 Å². The standard InChI is InChI=1S/C19H23ClN2O3/c1-3-25-16-6-4-5-14(11-16)13-22-19(23)9-10-21-17-12-15(20)7-8-18(17)24-2/h4-8,11-12,21H,3,9-10,13H2,1-2H3,(H,22,23). The molecule has 1 amide bonds. The number of nitrogens with one attached hydrogen (secondary N) is 2. The number of hydrogen-bond donors (Lipinski definition) is 2. The first-order chi connectivity index (χ1) is 12.1. The van der Waals surface area contributed by atoms with E-state index in [4.69, 9.17) is 21.1 Å². The van der Waals surface area contributed by atoms with E-state index in [2.05, 4.69) is 10.6 Å². The van der Waals surface area contributed by atoms with Gasteiger partial charge in [-0.2, -0.15) is 0 Å². The SMILES string of the molecule is CCOc1cccc(CNC(=O)CCNc2cc(Cl)ccc2OC)c1. The predicted octanol–water partition coefficient (Wildman–Crippen LogP) is 3.87. The van der Waals surface area contributed by atoms with Crippen molar-refractivity contribution >= 4 is 23.2 Å². The second-order valence-corrected chi connectivity index (χ2v) is 5.81. The van der Waals surface area contributed by atoms with Gasteiger partial charge in [-0.25, -0.2) is 0 Å². The smallest absolute Gasteiger partial charge is 0.222 e. The van der Waals surface area contributed by atoms with Crippen LogP contribution in [-0.4, -0.2) is 26.2 Å². The molecular formula is C19H23ClN2O3. The number of rotatable bonds is 9. The lowest BCUT2D eigenvalue weighted by Crippen LogP contribution is -2.24. The molecule has 0 saturated carbocycles. The molecule has 2 rings (SSSR count). The van der Waals surface area contributed by atoms with E-state index in [0.29, 0.717) is 36.9 Å². The van der Waals surface area contributed by atoms with Gasteiger partial charge in [0, 0.05) is 24.5 Å². The molecule has 5 nitrogen and oxygen atoms in total. The van der Waals surface area contributed by atoms with Crippen LogP contribution < -0.4 is 20.1 Å². The lowest BCUT2D eigenvalue weighted by Gasteiger charge is -2.12. The number of carbonyl (C=O) groups excluding carboxylic acids is 1. The number of ether oxygens (including phenoxy) is 2. The summed E-state index contributed by atoms with van der Waals surface area (Å²) in [4.78, 5) is 12.0. The minimum Gasteiger partial charge on any atom is -0.495 e. The van der Waals surface area contributed by atoms with Crippen LogP contribution in [0.3, 0.4) is 0 Å². The van der Waals surface area contributed by atoms with Crippen LogP contribution >= 0.6 is 11.6 Å². The normalized spacial score (nSPS) is 10.2. The molecule has 2 N–H and O–H groups in total. The molecule has 0 aromatic heterocycles. The number of carbonyl (C=O) groups is 1. The minimum absolute atomic E-state index is 0.0321. The van der Waals surface area contributed by atoms with Gasteiger partial charge in [-0.1, -0.05) is 23.7 Å². The highest BCUT2D eigenvalue weighted by atomic mass is 35.5. The summed E-state index contributed by atoms with van der Waals surface area (Å²) < 4.78 is 10.7. The summed E-state index contributed by atoms with van der Waals surface area (Å²) in [5.41, 5.74) is 1.77. The molecule has 0 fully saturated rings. The third-order valence-corrected chi connectivity index (χ3v) is 3.76. The molecule has 0 saturated heterocycles. The molecule has 2 aromatic carbocycles. The van der Waals surface area contributed by atoms with Crippen LogP contribution in [0, 0.1) is 0 Å². The highest BCUT2D eigenvalue weighted by Gasteiger charge is 2.06. The first kappa shape index (κ1) is 18.9. The number of anilines is 1. The van der Waals surface area contributed by atoms with Crippen molar-refractivity contribution in [2.24, 2.45) is 0 Å². The zero-order chi connectivity index (χ0) is 18.1. The van der Waals surface area contributed by atoms with Gasteiger partial charge in [-0.15, -0.1) is 0 Å². The summed E-state index contributed by atoms with van der Waals surface area (Å²) >= 11 is 5.98. The highest BCUT2D eigenvalue weighted by Crippen LogP contribution is 2.27. The Balaban J connectivity index is 1.78. The maximum absolute atomic E-state index is 12.0. The van der Waals surface area contributed by atoms with E-state index in [1.54, 1.807) is 25.3 Å². The average Bonchev–Trinajstić information content (AvgIpc) is 2.61. The summed E-state index contributed by atoms with van der Waals surface area (Å²) in [7, 11) is 1.59. The van der Waals surface area contributed by atoms with Crippen molar-refractivity contribution < 1.29 is 14.3 Å². The van der Waals surface area contributed by atoms with E-state index in [1.807, 2.05) is 31.2 Å². The predicted molar refractivity (Wildman–Crippen MR) is 101 cm³/mol. The Hall–Kier alpha value is -2.40. The molecule has 6 heteroatoms. The van der Waals surface area contributed by atoms with Gasteiger partial charge in [-0.05, 0) is 42.8 Å². The van der Waals surface area contributed by atoms with Crippen molar-refractivity contribution in [1.82, 2.24) is 5.32 Å². The van der Waals surface area contributed by atoms with Crippen LogP contribution in [0.25, 0.3) is 0 Å². The summed E-state index contributed by atoms with van der Waals surface area (Å²) in [5, 5.41) is 6.69. The summed E-state index contributed by atoms with van der Waals surface area (Å²) in [6.45, 7) is 3.52. The molecule has 0 bridgehead atoms. The molecule has 0 unspecified atom stereocenters. The van der Waals surface area contributed by atoms with E-state index >= 15 is 0 Å². The lowest BCUT2D eigenvalue weighted by molar-refractivity contribution is -0.121. The number of amides is 1. The maximum atomic E-state index is 12.0. The molecule has 0 aliphatic rings. The first-order valence-corrected chi connectivity index (χ1v) is 8.56. The van der Waals surface area contributed by atoms with Gasteiger partial charge in [0.05, 0.1) is 19.4 Å². The fraction of sp³-hybridized carbons (Fsp3) is 0.316. The van der Waals surface area contributed by atoms with Crippen LogP contribution in [0.1, 0.15) is 18.9 Å². The summed E-state index contributed by atoms with van der Waals surface area (Å²) in [6, 6.07) is 13.0. The molecular weight excluding hydrogens is 340 g/mol. The monoisotopic (exact) mass is 362 g/mol. The van der Waals surface area contributed by atoms with Gasteiger partial charge in [0.15, 0.2) is 0 Å². The van der Waals surface area contributed by atoms with Gasteiger partial charge in [-0.3, -0.25) is 4.79 Å². The molecule has 0 aliphatic heterocycles. The molecule has 0 radical (unpaired) electrons. The Kier molecular flexibility index (Phi) is 7.41. The zero-order valence-corrected chi connectivity index (χ0v) is 15.2. The zero-order valence-electron chi connectivity index (χ0n) is 14.5. The fourth-order valence-corrected chi connectivity index (χ4v) is 2.50. The Bertz CT molecular complexity index is 707. The number of hydrogen-bond acceptors (Lipinski definition) is 4. The van der Waals surface area contributed by atoms with Crippen LogP contribution in [-0.2, 0) is 11.3 Å². The summed E-state index contributed by atoms with van der Waals surface area (Å²) in [6.07, 6.45) is 0.348. The quantitative estimate of drug-likeness (QED) is 0.711. The average molecular weight is 363 g/mol. The molecule has 0 atom stereocenters. The lowest BCUT2D eigenvalue weighted by atomic mass is 10.2. The molecule has 25 heavy (non-hydrogen) atoms. The minimum atomic E-state index is -0.0321. The van der Waals surface area contributed by atoms with Crippen molar-refractivity contribution in [3.05, 3.63) is 53.1 Å². The Labute approximate surface area is 153 Å². The second kappa shape index (κ2) is 9.79. The van der Waals surface area contributed by atoms with Crippen LogP contribution in [0.5, 0.6) is 11.5 Å². The summed E-state index contributed by atoms with van der Waals surface area (Å²) in [5.74, 6) is 1.47. The number of benzene rings is 2. The third-order valence-electron chi connectivity index (χ3n) is 3.53. The van der Waals surface area contributed by atoms with Crippen LogP contribution in [0.4, 0.5) is 5.69 Å². The van der Waals surface area contributed by atoms with E-state index in [-0.39, 0.29) is 5.91 Å². The Morgan fingerprint density at radius 1 is 1.20 bits per heavy atom. The molecule has 134 valence electrons. The van der Waals surface area contributed by atoms with Crippen LogP contribution in [0.15, 0.2) is 42.5 Å². The van der Waals surface area contributed by atoms with Crippen molar-refractivity contribution in [3.63, 3.8) is 0 Å². The van der Waals surface area contributed by atoms with Crippen molar-refractivity contribution in [2.45, 2.75) is 19.9 Å². The van der Waals surface area contributed by atoms with Gasteiger partial charge in [0.2, 0.25) is 5.91 Å². The van der Waals surface area contributed by atoms with E-state index < -0.39 is 0 Å². The molecule has 0 aliphatic carbocycles. The van der Waals surface area contributed by atoms with E-state index in [1.165, 1.54) is 0 Å². The van der Waals surface area contributed by atoms with Crippen molar-refractivity contribution in [3.8, 4) is 11.5 Å². The van der Waals surface area contributed by atoms with Gasteiger partial charge >= 0.3 is 0 Å². The Morgan fingerprint density at radius 2 is 2.04 bits per heavy atom. The van der Waals surface area contributed by atoms with Gasteiger partial charge in [0.1, 0.15) is 11.5 Å². The van der Waals surface area contributed by atoms with Gasteiger partial charge in [0.25, 0.3) is 0 Å². The largest absolute Gasteiger partial charge is 0.495 e. The first-order valence-electron chi connectivity index (χ1n) is 8.18. The topological polar surface area (TPSA) is 59.6 Å². The molecule has 0 heterocycles. The fourth-order valence-electron chi connectivity index (χ4n) is 2.33. The third kappa shape index (κ3) is 6.19. The maximum Gasteiger partial charge on any atom is 0.222 e. The molecule has 2 aromatic rings. The highest BCUT2D eigenvalue weighted by molar-refractivity contribution is 6.30. The van der Waals surface area contributed by atoms with E-state index in [0.717, 1.165) is 17.0 Å². The Morgan fingerprint density at radius 3 is 2.80 bits per heavy atom. The van der Waals surface area contributed by atoms with Crippen molar-refractivity contribution in [1.29, 1.82) is 0 Å². The van der Waals surface area contributed by atoms with Crippen molar-refractivity contribution in [2.75, 3.05) is 25.6 Å². The number of methoxy groups -OCH3 is 1. The second-order valence-electron chi connectivity index (χ2n) is 5.38. The molecule has 0 spiro atoms.